The standard InChI is InChI=1S/C20H29NO3/c1-5-13(2)8-15-12-21-7-6-14-9-19(23-3)20(24-4)10-16(14)17(21)11-18(15)22/h9-10,13,15,17H,5-8,11-12H2,1-4H3/i2D3,4D3,5D2,8D2,11D2,12D2,13D,15D. The lowest BCUT2D eigenvalue weighted by Gasteiger charge is -2.43. The molecule has 2 aliphatic rings. The van der Waals surface area contributed by atoms with E-state index < -0.39 is 69.7 Å². The predicted octanol–water partition coefficient (Wildman–Crippen LogP) is 3.63. The Bertz CT molecular complexity index is 1170. The largest absolute Gasteiger partial charge is 0.493 e. The number of fused-ring (bicyclic) bond motifs is 3. The summed E-state index contributed by atoms with van der Waals surface area (Å²) in [6.45, 7) is -7.16. The number of benzene rings is 1. The number of piperidine rings is 1. The van der Waals surface area contributed by atoms with Gasteiger partial charge in [-0.2, -0.15) is 0 Å². The third-order valence-corrected chi connectivity index (χ3v) is 4.01. The minimum Gasteiger partial charge on any atom is -0.493 e. The average Bonchev–Trinajstić information content (AvgIpc) is 2.77. The van der Waals surface area contributed by atoms with Crippen molar-refractivity contribution < 1.29 is 36.2 Å². The van der Waals surface area contributed by atoms with Gasteiger partial charge in [-0.1, -0.05) is 20.1 Å². The van der Waals surface area contributed by atoms with Crippen molar-refractivity contribution in [2.24, 2.45) is 11.8 Å². The molecule has 4 nitrogen and oxygen atoms in total. The Morgan fingerprint density at radius 1 is 1.54 bits per heavy atom. The Labute approximate surface area is 167 Å². The molecular weight excluding hydrogens is 302 g/mol. The first-order valence-electron chi connectivity index (χ1n) is 15.4. The van der Waals surface area contributed by atoms with Crippen LogP contribution in [0, 0.1) is 11.8 Å². The van der Waals surface area contributed by atoms with Crippen molar-refractivity contribution in [2.75, 3.05) is 27.2 Å². The quantitative estimate of drug-likeness (QED) is 0.815. The fraction of sp³-hybridized carbons (Fsp3) is 0.650. The lowest BCUT2D eigenvalue weighted by atomic mass is 9.79. The topological polar surface area (TPSA) is 38.8 Å². The monoisotopic (exact) mass is 347 g/mol. The summed E-state index contributed by atoms with van der Waals surface area (Å²) in [5.74, 6) is -10.3. The van der Waals surface area contributed by atoms with Crippen LogP contribution < -0.4 is 9.47 Å². The molecule has 3 atom stereocenters. The van der Waals surface area contributed by atoms with Gasteiger partial charge in [-0.3, -0.25) is 9.69 Å². The Morgan fingerprint density at radius 3 is 3.08 bits per heavy atom. The third kappa shape index (κ3) is 3.16. The molecule has 0 radical (unpaired) electrons. The van der Waals surface area contributed by atoms with Gasteiger partial charge >= 0.3 is 0 Å². The van der Waals surface area contributed by atoms with E-state index in [4.69, 9.17) is 31.4 Å². The lowest BCUT2D eigenvalue weighted by molar-refractivity contribution is -0.129. The molecule has 3 unspecified atom stereocenters. The second-order valence-corrected chi connectivity index (χ2v) is 5.36. The van der Waals surface area contributed by atoms with Crippen molar-refractivity contribution in [3.63, 3.8) is 0 Å². The van der Waals surface area contributed by atoms with Gasteiger partial charge in [0.1, 0.15) is 5.78 Å². The van der Waals surface area contributed by atoms with Gasteiger partial charge in [-0.25, -0.2) is 0 Å². The lowest BCUT2D eigenvalue weighted by Crippen LogP contribution is -2.46. The molecule has 0 aromatic heterocycles. The Hall–Kier alpha value is -1.55. The number of carbonyl (C=O) groups is 1. The first-order valence-corrected chi connectivity index (χ1v) is 7.36. The Kier molecular flexibility index (Phi) is 1.88. The molecule has 1 aromatic carbocycles. The Balaban J connectivity index is 2.32. The second-order valence-electron chi connectivity index (χ2n) is 5.36. The Morgan fingerprint density at radius 2 is 2.38 bits per heavy atom. The molecule has 0 N–H and O–H groups in total. The van der Waals surface area contributed by atoms with Gasteiger partial charge in [-0.05, 0) is 41.9 Å². The number of Topliss-reactive ketones (excluding diaryl/α,β-unsaturated/α-hetero) is 1. The van der Waals surface area contributed by atoms with E-state index in [1.165, 1.54) is 13.2 Å². The summed E-state index contributed by atoms with van der Waals surface area (Å²) in [6, 6.07) is 0.538. The fourth-order valence-electron chi connectivity index (χ4n) is 2.81. The third-order valence-electron chi connectivity index (χ3n) is 4.01. The molecule has 132 valence electrons. The molecule has 1 saturated heterocycles. The summed E-state index contributed by atoms with van der Waals surface area (Å²) in [5, 5.41) is 0. The maximum absolute atomic E-state index is 13.8. The summed E-state index contributed by atoms with van der Waals surface area (Å²) < 4.78 is 141. The molecule has 1 fully saturated rings. The van der Waals surface area contributed by atoms with E-state index >= 15 is 0 Å². The molecule has 0 saturated carbocycles. The van der Waals surface area contributed by atoms with Crippen molar-refractivity contribution in [3.05, 3.63) is 23.3 Å². The summed E-state index contributed by atoms with van der Waals surface area (Å²) in [6.07, 6.45) is -10.8. The van der Waals surface area contributed by atoms with Crippen molar-refractivity contribution in [1.82, 2.24) is 4.90 Å². The van der Waals surface area contributed by atoms with Gasteiger partial charge in [0.15, 0.2) is 11.5 Å². The highest BCUT2D eigenvalue weighted by Gasteiger charge is 2.38. The van der Waals surface area contributed by atoms with Crippen LogP contribution >= 0.6 is 0 Å². The molecular formula is C20H29NO3. The van der Waals surface area contributed by atoms with Gasteiger partial charge < -0.3 is 9.47 Å². The highest BCUT2D eigenvalue weighted by molar-refractivity contribution is 5.83. The van der Waals surface area contributed by atoms with Crippen LogP contribution in [0.2, 0.25) is 0 Å². The van der Waals surface area contributed by atoms with Crippen LogP contribution in [0.4, 0.5) is 0 Å². The van der Waals surface area contributed by atoms with Crippen molar-refractivity contribution in [2.45, 2.75) is 45.4 Å². The van der Waals surface area contributed by atoms with E-state index in [0.29, 0.717) is 17.4 Å². The van der Waals surface area contributed by atoms with Crippen LogP contribution in [0.1, 0.15) is 72.0 Å². The van der Waals surface area contributed by atoms with E-state index in [1.54, 1.807) is 0 Å². The van der Waals surface area contributed by atoms with Crippen LogP contribution in [-0.4, -0.2) is 37.9 Å². The molecule has 2 aliphatic heterocycles. The van der Waals surface area contributed by atoms with Crippen LogP contribution in [0.15, 0.2) is 12.1 Å². The van der Waals surface area contributed by atoms with Crippen LogP contribution in [0.5, 0.6) is 11.5 Å². The first kappa shape index (κ1) is 6.31. The maximum atomic E-state index is 13.8. The average molecular weight is 348 g/mol. The van der Waals surface area contributed by atoms with Crippen LogP contribution in [-0.2, 0) is 11.2 Å². The highest BCUT2D eigenvalue weighted by Crippen LogP contribution is 2.42. The molecule has 0 aliphatic carbocycles. The van der Waals surface area contributed by atoms with Gasteiger partial charge in [0.05, 0.1) is 18.3 Å². The van der Waals surface area contributed by atoms with Gasteiger partial charge in [0.2, 0.25) is 0 Å². The van der Waals surface area contributed by atoms with E-state index in [-0.39, 0.29) is 23.5 Å². The summed E-state index contributed by atoms with van der Waals surface area (Å²) in [7, 11) is -1.74. The summed E-state index contributed by atoms with van der Waals surface area (Å²) in [4.78, 5) is 14.5. The normalized spacial score (nSPS) is 45.6. The minimum atomic E-state index is -4.13. The number of nitrogens with zero attached hydrogens (tertiary/aromatic N) is 1. The number of ketones is 1. The van der Waals surface area contributed by atoms with Gasteiger partial charge in [0.25, 0.3) is 0 Å². The minimum absolute atomic E-state index is 0.0398. The van der Waals surface area contributed by atoms with Crippen molar-refractivity contribution >= 4 is 5.78 Å². The van der Waals surface area contributed by atoms with Gasteiger partial charge in [-0.15, -0.1) is 0 Å². The SMILES string of the molecule is [2H]C([2H])([2H])Oc1cc2c(cc1OC)CCN1C2C([2H])([2H])C(=O)C([2H])(C([2H])([2H])C([2H])(C([2H])([2H])[2H])C([2H])([2H])C)C1([2H])[2H]. The zero-order valence-corrected chi connectivity index (χ0v) is 13.3. The van der Waals surface area contributed by atoms with E-state index in [1.807, 2.05) is 0 Å². The number of methoxy groups -OCH3 is 2. The highest BCUT2D eigenvalue weighted by atomic mass is 16.5. The van der Waals surface area contributed by atoms with E-state index in [0.717, 1.165) is 6.07 Å². The number of ether oxygens (including phenoxy) is 2. The van der Waals surface area contributed by atoms with E-state index in [9.17, 15) is 4.79 Å². The van der Waals surface area contributed by atoms with E-state index in [2.05, 4.69) is 0 Å². The number of rotatable bonds is 5. The molecule has 0 bridgehead atoms. The molecule has 3 rings (SSSR count). The molecule has 4 heteroatoms. The number of hydrogen-bond acceptors (Lipinski definition) is 4. The van der Waals surface area contributed by atoms with Crippen molar-refractivity contribution in [1.29, 1.82) is 0 Å². The second kappa shape index (κ2) is 7.14. The summed E-state index contributed by atoms with van der Waals surface area (Å²) >= 11 is 0. The van der Waals surface area contributed by atoms with Gasteiger partial charge in [0, 0.05) is 49.2 Å². The molecule has 1 aromatic rings. The first-order chi connectivity index (χ1) is 17.6. The van der Waals surface area contributed by atoms with Crippen molar-refractivity contribution in [3.8, 4) is 11.5 Å². The molecule has 0 spiro atoms. The molecule has 2 heterocycles. The van der Waals surface area contributed by atoms with Crippen LogP contribution in [0.3, 0.4) is 0 Å². The zero-order valence-electron chi connectivity index (χ0n) is 29.3. The molecule has 24 heavy (non-hydrogen) atoms. The fourth-order valence-corrected chi connectivity index (χ4v) is 2.81. The van der Waals surface area contributed by atoms with Crippen LogP contribution in [0.25, 0.3) is 0 Å². The smallest absolute Gasteiger partial charge is 0.161 e. The number of hydrogen-bond donors (Lipinski definition) is 0. The number of carbonyl (C=O) groups excluding carboxylic acids is 1. The summed E-state index contributed by atoms with van der Waals surface area (Å²) in [5.41, 5.74) is 0.223. The maximum Gasteiger partial charge on any atom is 0.161 e. The zero-order chi connectivity index (χ0) is 31.3. The molecule has 0 amide bonds. The predicted molar refractivity (Wildman–Crippen MR) is 94.8 cm³/mol.